The lowest BCUT2D eigenvalue weighted by atomic mass is 10.1. The Morgan fingerprint density at radius 2 is 2.21 bits per heavy atom. The molecule has 0 spiro atoms. The topological polar surface area (TPSA) is 17.1 Å². The van der Waals surface area contributed by atoms with Crippen LogP contribution in [0.15, 0.2) is 35.9 Å². The maximum Gasteiger partial charge on any atom is 0.147 e. The summed E-state index contributed by atoms with van der Waals surface area (Å²) in [7, 11) is 0. The third-order valence-corrected chi connectivity index (χ3v) is 3.77. The van der Waals surface area contributed by atoms with Gasteiger partial charge in [0.05, 0.1) is 5.25 Å². The van der Waals surface area contributed by atoms with Gasteiger partial charge in [-0.25, -0.2) is 0 Å². The minimum Gasteiger partial charge on any atom is -0.298 e. The fourth-order valence-corrected chi connectivity index (χ4v) is 3.03. The van der Waals surface area contributed by atoms with Crippen LogP contribution < -0.4 is 0 Å². The summed E-state index contributed by atoms with van der Waals surface area (Å²) in [4.78, 5) is 10.8. The van der Waals surface area contributed by atoms with Crippen LogP contribution in [-0.4, -0.2) is 12.0 Å². The van der Waals surface area contributed by atoms with Gasteiger partial charge in [0.2, 0.25) is 0 Å². The van der Waals surface area contributed by atoms with Gasteiger partial charge in [-0.05, 0) is 11.6 Å². The number of thioether (sulfide) groups is 1. The zero-order chi connectivity index (χ0) is 9.97. The van der Waals surface area contributed by atoms with Crippen molar-refractivity contribution in [3.05, 3.63) is 46.5 Å². The SMILES string of the molecule is O=CC1=CCSC1c1ccccc1Cl. The lowest BCUT2D eigenvalue weighted by molar-refractivity contribution is -0.105. The summed E-state index contributed by atoms with van der Waals surface area (Å²) in [6, 6.07) is 7.68. The Labute approximate surface area is 92.1 Å². The van der Waals surface area contributed by atoms with E-state index in [-0.39, 0.29) is 5.25 Å². The molecule has 72 valence electrons. The summed E-state index contributed by atoms with van der Waals surface area (Å²) in [5.41, 5.74) is 1.87. The van der Waals surface area contributed by atoms with E-state index in [1.54, 1.807) is 11.8 Å². The molecule has 2 rings (SSSR count). The molecule has 1 aliphatic rings. The molecule has 0 radical (unpaired) electrons. The highest BCUT2D eigenvalue weighted by molar-refractivity contribution is 8.00. The molecular formula is C11H9ClOS. The Morgan fingerprint density at radius 1 is 1.43 bits per heavy atom. The maximum atomic E-state index is 10.8. The van der Waals surface area contributed by atoms with Crippen molar-refractivity contribution >= 4 is 29.6 Å². The highest BCUT2D eigenvalue weighted by Crippen LogP contribution is 2.42. The van der Waals surface area contributed by atoms with Crippen LogP contribution in [0.4, 0.5) is 0 Å². The Kier molecular flexibility index (Phi) is 2.94. The molecule has 0 amide bonds. The third kappa shape index (κ3) is 1.72. The monoisotopic (exact) mass is 224 g/mol. The largest absolute Gasteiger partial charge is 0.298 e. The first-order valence-electron chi connectivity index (χ1n) is 4.34. The molecule has 0 fully saturated rings. The van der Waals surface area contributed by atoms with Gasteiger partial charge in [0, 0.05) is 16.3 Å². The van der Waals surface area contributed by atoms with Crippen molar-refractivity contribution in [2.45, 2.75) is 5.25 Å². The average molecular weight is 225 g/mol. The van der Waals surface area contributed by atoms with E-state index in [9.17, 15) is 4.79 Å². The first-order chi connectivity index (χ1) is 6.83. The van der Waals surface area contributed by atoms with Gasteiger partial charge < -0.3 is 0 Å². The van der Waals surface area contributed by atoms with Crippen LogP contribution in [0.5, 0.6) is 0 Å². The Bertz CT molecular complexity index is 387. The van der Waals surface area contributed by atoms with Crippen molar-refractivity contribution in [2.75, 3.05) is 5.75 Å². The molecule has 0 saturated heterocycles. The molecule has 0 N–H and O–H groups in total. The second-order valence-corrected chi connectivity index (χ2v) is 4.60. The van der Waals surface area contributed by atoms with Crippen LogP contribution in [0.25, 0.3) is 0 Å². The molecular weight excluding hydrogens is 216 g/mol. The smallest absolute Gasteiger partial charge is 0.147 e. The van der Waals surface area contributed by atoms with Crippen LogP contribution in [0.2, 0.25) is 5.02 Å². The maximum absolute atomic E-state index is 10.8. The van der Waals surface area contributed by atoms with E-state index < -0.39 is 0 Å². The predicted molar refractivity (Wildman–Crippen MR) is 60.8 cm³/mol. The predicted octanol–water partition coefficient (Wildman–Crippen LogP) is 3.25. The number of rotatable bonds is 2. The molecule has 1 aromatic carbocycles. The first kappa shape index (κ1) is 9.81. The van der Waals surface area contributed by atoms with Gasteiger partial charge in [-0.15, -0.1) is 11.8 Å². The zero-order valence-corrected chi connectivity index (χ0v) is 9.02. The van der Waals surface area contributed by atoms with Gasteiger partial charge in [-0.2, -0.15) is 0 Å². The van der Waals surface area contributed by atoms with E-state index in [4.69, 9.17) is 11.6 Å². The molecule has 1 aromatic rings. The summed E-state index contributed by atoms with van der Waals surface area (Å²) < 4.78 is 0. The second-order valence-electron chi connectivity index (χ2n) is 3.06. The first-order valence-corrected chi connectivity index (χ1v) is 5.77. The molecule has 0 aromatic heterocycles. The van der Waals surface area contributed by atoms with Crippen molar-refractivity contribution < 1.29 is 4.79 Å². The van der Waals surface area contributed by atoms with Gasteiger partial charge in [0.15, 0.2) is 0 Å². The van der Waals surface area contributed by atoms with Gasteiger partial charge in [0.25, 0.3) is 0 Å². The Balaban J connectivity index is 2.36. The molecule has 0 aliphatic carbocycles. The van der Waals surface area contributed by atoms with E-state index in [1.165, 1.54) is 0 Å². The van der Waals surface area contributed by atoms with E-state index in [0.29, 0.717) is 0 Å². The highest BCUT2D eigenvalue weighted by Gasteiger charge is 2.22. The van der Waals surface area contributed by atoms with Gasteiger partial charge in [-0.3, -0.25) is 4.79 Å². The van der Waals surface area contributed by atoms with Crippen LogP contribution in [-0.2, 0) is 4.79 Å². The Morgan fingerprint density at radius 3 is 2.93 bits per heavy atom. The van der Waals surface area contributed by atoms with Crippen molar-refractivity contribution in [3.8, 4) is 0 Å². The lowest BCUT2D eigenvalue weighted by Gasteiger charge is -2.12. The number of aldehydes is 1. The van der Waals surface area contributed by atoms with E-state index in [1.807, 2.05) is 30.3 Å². The van der Waals surface area contributed by atoms with Crippen molar-refractivity contribution in [1.29, 1.82) is 0 Å². The average Bonchev–Trinajstić information content (AvgIpc) is 2.66. The minimum atomic E-state index is 0.126. The summed E-state index contributed by atoms with van der Waals surface area (Å²) in [5.74, 6) is 0.893. The minimum absolute atomic E-state index is 0.126. The quantitative estimate of drug-likeness (QED) is 0.718. The number of benzene rings is 1. The molecule has 14 heavy (non-hydrogen) atoms. The summed E-state index contributed by atoms with van der Waals surface area (Å²) >= 11 is 7.80. The third-order valence-electron chi connectivity index (χ3n) is 2.21. The fraction of sp³-hybridized carbons (Fsp3) is 0.182. The molecule has 0 bridgehead atoms. The van der Waals surface area contributed by atoms with Crippen LogP contribution in [0.3, 0.4) is 0 Å². The van der Waals surface area contributed by atoms with Gasteiger partial charge in [0.1, 0.15) is 6.29 Å². The van der Waals surface area contributed by atoms with Crippen LogP contribution in [0, 0.1) is 0 Å². The number of carbonyl (C=O) groups excluding carboxylic acids is 1. The fourth-order valence-electron chi connectivity index (χ4n) is 1.51. The lowest BCUT2D eigenvalue weighted by Crippen LogP contribution is -1.96. The molecule has 3 heteroatoms. The highest BCUT2D eigenvalue weighted by atomic mass is 35.5. The van der Waals surface area contributed by atoms with Gasteiger partial charge in [-0.1, -0.05) is 35.9 Å². The van der Waals surface area contributed by atoms with Crippen LogP contribution >= 0.6 is 23.4 Å². The molecule has 1 atom stereocenters. The molecule has 1 nitrogen and oxygen atoms in total. The number of halogens is 1. The number of carbonyl (C=O) groups is 1. The zero-order valence-electron chi connectivity index (χ0n) is 7.44. The van der Waals surface area contributed by atoms with Crippen molar-refractivity contribution in [1.82, 2.24) is 0 Å². The molecule has 1 heterocycles. The normalized spacial score (nSPS) is 20.6. The molecule has 1 unspecified atom stereocenters. The number of hydrogen-bond donors (Lipinski definition) is 0. The second kappa shape index (κ2) is 4.20. The standard InChI is InChI=1S/C11H9ClOS/c12-10-4-2-1-3-9(10)11-8(7-13)5-6-14-11/h1-5,7,11H,6H2. The van der Waals surface area contributed by atoms with E-state index >= 15 is 0 Å². The van der Waals surface area contributed by atoms with Crippen LogP contribution in [0.1, 0.15) is 10.8 Å². The summed E-state index contributed by atoms with van der Waals surface area (Å²) in [6.07, 6.45) is 2.89. The summed E-state index contributed by atoms with van der Waals surface area (Å²) in [5, 5.41) is 0.862. The van der Waals surface area contributed by atoms with E-state index in [0.717, 1.165) is 28.2 Å². The van der Waals surface area contributed by atoms with Crippen molar-refractivity contribution in [2.24, 2.45) is 0 Å². The molecule has 0 saturated carbocycles. The summed E-state index contributed by atoms with van der Waals surface area (Å²) in [6.45, 7) is 0. The molecule has 1 aliphatic heterocycles. The van der Waals surface area contributed by atoms with Gasteiger partial charge >= 0.3 is 0 Å². The number of hydrogen-bond acceptors (Lipinski definition) is 2. The Hall–Kier alpha value is -0.730. The van der Waals surface area contributed by atoms with E-state index in [2.05, 4.69) is 0 Å². The van der Waals surface area contributed by atoms with Crippen molar-refractivity contribution in [3.63, 3.8) is 0 Å².